The lowest BCUT2D eigenvalue weighted by atomic mass is 9.85. The van der Waals surface area contributed by atoms with Crippen molar-refractivity contribution in [2.24, 2.45) is 11.3 Å². The van der Waals surface area contributed by atoms with Gasteiger partial charge in [0.05, 0.1) is 24.8 Å². The van der Waals surface area contributed by atoms with E-state index < -0.39 is 45.5 Å². The summed E-state index contributed by atoms with van der Waals surface area (Å²) in [5.41, 5.74) is 5.02. The van der Waals surface area contributed by atoms with E-state index in [2.05, 4.69) is 62.3 Å². The molecule has 18 nitrogen and oxygen atoms in total. The summed E-state index contributed by atoms with van der Waals surface area (Å²) in [7, 11) is -3.37. The standard InChI is InChI=1S/C52H71N9O9S3/c1-32-46(72-31-56-32)35-18-16-33(17-19-35)25-54-49(67)42-24-40(62)29-61(42)50(68)47(52(2,3)4)58-44(64)15-7-6-14-43(63)53-26-34-10-8-11-36(22-34)37-12-9-13-38(23-37)41-30-71-51(57-41)59-45(65)27-55-48(66)39-20-21-60(28-39)73(5,69)70/h8-13,16-19,22-23,32,39-42,46-47,51,56-57,62H,6-7,14-15,20-21,24-31H2,1-5H3,(H,53,63)(H,54,67)(H,55,66)(H,58,64)(H,59,65)/t32?,39?,40-,41?,42+,46?,47-,51?/m1/s1. The first kappa shape index (κ1) is 55.7. The van der Waals surface area contributed by atoms with E-state index in [0.717, 1.165) is 39.9 Å². The fourth-order valence-electron chi connectivity index (χ4n) is 9.55. The Morgan fingerprint density at radius 1 is 0.808 bits per heavy atom. The predicted molar refractivity (Wildman–Crippen MR) is 284 cm³/mol. The molecular weight excluding hydrogens is 991 g/mol. The van der Waals surface area contributed by atoms with Crippen LogP contribution in [0.1, 0.15) is 99.8 Å². The first-order chi connectivity index (χ1) is 34.7. The van der Waals surface area contributed by atoms with E-state index in [4.69, 9.17) is 0 Å². The minimum absolute atomic E-state index is 0.0131. The molecule has 8 atom stereocenters. The molecule has 0 aromatic heterocycles. The van der Waals surface area contributed by atoms with Crippen LogP contribution >= 0.6 is 23.5 Å². The van der Waals surface area contributed by atoms with E-state index in [1.165, 1.54) is 14.8 Å². The van der Waals surface area contributed by atoms with Gasteiger partial charge in [-0.2, -0.15) is 0 Å². The fourth-order valence-corrected chi connectivity index (χ4v) is 12.9. The van der Waals surface area contributed by atoms with Crippen LogP contribution in [0.5, 0.6) is 0 Å². The van der Waals surface area contributed by atoms with Crippen LogP contribution in [-0.2, 0) is 51.9 Å². The van der Waals surface area contributed by atoms with E-state index in [9.17, 15) is 42.3 Å². The van der Waals surface area contributed by atoms with Gasteiger partial charge in [0.15, 0.2) is 0 Å². The number of amides is 6. The molecule has 4 aliphatic rings. The highest BCUT2D eigenvalue weighted by Gasteiger charge is 2.44. The molecule has 4 aliphatic heterocycles. The number of nitrogens with one attached hydrogen (secondary N) is 7. The third-order valence-electron chi connectivity index (χ3n) is 13.8. The zero-order valence-electron chi connectivity index (χ0n) is 42.3. The topological polar surface area (TPSA) is 247 Å². The summed E-state index contributed by atoms with van der Waals surface area (Å²) in [6.45, 7) is 8.48. The average molecular weight is 1060 g/mol. The van der Waals surface area contributed by atoms with Crippen molar-refractivity contribution in [1.29, 1.82) is 0 Å². The Morgan fingerprint density at radius 3 is 2.19 bits per heavy atom. The smallest absolute Gasteiger partial charge is 0.246 e. The van der Waals surface area contributed by atoms with Gasteiger partial charge in [0, 0.05) is 80.9 Å². The van der Waals surface area contributed by atoms with E-state index in [1.807, 2.05) is 87.1 Å². The number of aliphatic hydroxyl groups excluding tert-OH is 1. The Hall–Kier alpha value is -5.03. The number of carbonyl (C=O) groups excluding carboxylic acids is 6. The number of likely N-dealkylation sites (tertiary alicyclic amines) is 1. The van der Waals surface area contributed by atoms with E-state index >= 15 is 0 Å². The minimum atomic E-state index is -3.37. The summed E-state index contributed by atoms with van der Waals surface area (Å²) in [4.78, 5) is 80.5. The Labute approximate surface area is 437 Å². The van der Waals surface area contributed by atoms with Crippen molar-refractivity contribution in [3.8, 4) is 11.1 Å². The second kappa shape index (κ2) is 25.0. The Balaban J connectivity index is 0.811. The van der Waals surface area contributed by atoms with Crippen molar-refractivity contribution < 1.29 is 42.3 Å². The monoisotopic (exact) mass is 1060 g/mol. The number of aliphatic hydroxyl groups is 1. The number of rotatable bonds is 20. The van der Waals surface area contributed by atoms with Crippen molar-refractivity contribution in [1.82, 2.24) is 46.4 Å². The van der Waals surface area contributed by atoms with Crippen LogP contribution in [0.3, 0.4) is 0 Å². The summed E-state index contributed by atoms with van der Waals surface area (Å²) < 4.78 is 24.9. The number of benzene rings is 3. The molecule has 6 amide bonds. The Bertz CT molecular complexity index is 2580. The SMILES string of the molecule is CC1NCSC1c1ccc(CNC(=O)[C@@H]2C[C@@H](O)CN2C(=O)[C@@H](NC(=O)CCCCC(=O)NCc2cccc(-c3cccc(C4CSC(NC(=O)CNC(=O)C5CCN(S(C)(=O)=O)C5)N4)c3)c2)C(C)(C)C)cc1. The molecule has 21 heteroatoms. The third kappa shape index (κ3) is 15.5. The number of hydrogen-bond acceptors (Lipinski definition) is 13. The van der Waals surface area contributed by atoms with Gasteiger partial charge < -0.3 is 41.9 Å². The molecule has 5 unspecified atom stereocenters. The van der Waals surface area contributed by atoms with Gasteiger partial charge in [-0.15, -0.1) is 23.5 Å². The lowest BCUT2D eigenvalue weighted by Crippen LogP contribution is -2.57. The zero-order valence-corrected chi connectivity index (χ0v) is 44.7. The maximum absolute atomic E-state index is 14.1. The second-order valence-electron chi connectivity index (χ2n) is 20.6. The molecule has 0 bridgehead atoms. The number of carbonyl (C=O) groups is 6. The summed E-state index contributed by atoms with van der Waals surface area (Å²) in [6, 6.07) is 22.7. The molecule has 4 heterocycles. The second-order valence-corrected chi connectivity index (χ2v) is 24.8. The van der Waals surface area contributed by atoms with Crippen LogP contribution in [0.2, 0.25) is 0 Å². The maximum Gasteiger partial charge on any atom is 0.246 e. The van der Waals surface area contributed by atoms with Crippen molar-refractivity contribution in [2.45, 2.75) is 120 Å². The highest BCUT2D eigenvalue weighted by molar-refractivity contribution is 8.00. The van der Waals surface area contributed by atoms with Crippen LogP contribution in [0.25, 0.3) is 11.1 Å². The number of unbranched alkanes of at least 4 members (excludes halogenated alkanes) is 1. The molecule has 396 valence electrons. The predicted octanol–water partition coefficient (Wildman–Crippen LogP) is 3.24. The van der Waals surface area contributed by atoms with E-state index in [-0.39, 0.29) is 93.1 Å². The van der Waals surface area contributed by atoms with Crippen molar-refractivity contribution in [2.75, 3.05) is 44.1 Å². The Kier molecular flexibility index (Phi) is 19.1. The van der Waals surface area contributed by atoms with Gasteiger partial charge >= 0.3 is 0 Å². The van der Waals surface area contributed by atoms with E-state index in [1.54, 1.807) is 11.8 Å². The van der Waals surface area contributed by atoms with Crippen LogP contribution in [0.4, 0.5) is 0 Å². The van der Waals surface area contributed by atoms with Crippen molar-refractivity contribution in [3.05, 3.63) is 95.1 Å². The number of thioether (sulfide) groups is 2. The van der Waals surface area contributed by atoms with Gasteiger partial charge in [-0.05, 0) is 77.1 Å². The highest BCUT2D eigenvalue weighted by Crippen LogP contribution is 2.36. The largest absolute Gasteiger partial charge is 0.391 e. The summed E-state index contributed by atoms with van der Waals surface area (Å²) >= 11 is 3.41. The van der Waals surface area contributed by atoms with E-state index in [0.29, 0.717) is 42.9 Å². The normalized spacial score (nSPS) is 23.7. The quantitative estimate of drug-likeness (QED) is 0.0759. The molecule has 73 heavy (non-hydrogen) atoms. The van der Waals surface area contributed by atoms with Gasteiger partial charge in [0.25, 0.3) is 0 Å². The summed E-state index contributed by atoms with van der Waals surface area (Å²) in [5, 5.41) is 32.3. The molecule has 0 aliphatic carbocycles. The number of β-amino-alcohol motifs (C(OH)–C–C–N with tert-alkyl or cyclic N) is 1. The third-order valence-corrected chi connectivity index (χ3v) is 17.5. The molecule has 8 N–H and O–H groups in total. The summed E-state index contributed by atoms with van der Waals surface area (Å²) in [6.07, 6.45) is 1.97. The van der Waals surface area contributed by atoms with Gasteiger partial charge in [0.2, 0.25) is 45.5 Å². The van der Waals surface area contributed by atoms with Crippen LogP contribution in [0, 0.1) is 11.3 Å². The van der Waals surface area contributed by atoms with Gasteiger partial charge in [0.1, 0.15) is 17.6 Å². The lowest BCUT2D eigenvalue weighted by molar-refractivity contribution is -0.144. The number of sulfonamides is 1. The van der Waals surface area contributed by atoms with Gasteiger partial charge in [-0.1, -0.05) is 81.4 Å². The first-order valence-electron chi connectivity index (χ1n) is 25.1. The molecule has 3 aromatic carbocycles. The summed E-state index contributed by atoms with van der Waals surface area (Å²) in [5.74, 6) is -0.827. The van der Waals surface area contributed by atoms with Gasteiger partial charge in [-0.25, -0.2) is 12.7 Å². The minimum Gasteiger partial charge on any atom is -0.391 e. The molecule has 3 aromatic rings. The fraction of sp³-hybridized carbons (Fsp3) is 0.538. The van der Waals surface area contributed by atoms with Crippen molar-refractivity contribution >= 4 is 69.0 Å². The van der Waals surface area contributed by atoms with Crippen LogP contribution in [-0.4, -0.2) is 132 Å². The molecule has 4 saturated heterocycles. The van der Waals surface area contributed by atoms with Gasteiger partial charge in [-0.3, -0.25) is 34.1 Å². The highest BCUT2D eigenvalue weighted by atomic mass is 32.2. The molecule has 7 rings (SSSR count). The van der Waals surface area contributed by atoms with Crippen LogP contribution < -0.4 is 37.2 Å². The lowest BCUT2D eigenvalue weighted by Gasteiger charge is -2.35. The molecule has 0 saturated carbocycles. The molecule has 0 radical (unpaired) electrons. The average Bonchev–Trinajstić information content (AvgIpc) is 4.20. The first-order valence-corrected chi connectivity index (χ1v) is 29.0. The molecule has 0 spiro atoms. The number of nitrogens with zero attached hydrogens (tertiary/aromatic N) is 2. The number of hydrogen-bond donors (Lipinski definition) is 8. The van der Waals surface area contributed by atoms with Crippen molar-refractivity contribution in [3.63, 3.8) is 0 Å². The van der Waals surface area contributed by atoms with Crippen LogP contribution in [0.15, 0.2) is 72.8 Å². The zero-order chi connectivity index (χ0) is 52.5. The molecular formula is C52H71N9O9S3. The Morgan fingerprint density at radius 2 is 1.51 bits per heavy atom. The molecule has 4 fully saturated rings. The maximum atomic E-state index is 14.1.